The van der Waals surface area contributed by atoms with Gasteiger partial charge in [0.2, 0.25) is 11.8 Å². The normalized spacial score (nSPS) is 18.9. The van der Waals surface area contributed by atoms with Crippen LogP contribution in [0.1, 0.15) is 30.7 Å². The van der Waals surface area contributed by atoms with Gasteiger partial charge in [0.1, 0.15) is 5.25 Å². The predicted molar refractivity (Wildman–Crippen MR) is 125 cm³/mol. The Morgan fingerprint density at radius 2 is 2.00 bits per heavy atom. The van der Waals surface area contributed by atoms with Crippen LogP contribution in [-0.2, 0) is 9.59 Å². The third-order valence-corrected chi connectivity index (χ3v) is 6.96. The van der Waals surface area contributed by atoms with Crippen LogP contribution in [0.25, 0.3) is 0 Å². The van der Waals surface area contributed by atoms with Crippen molar-refractivity contribution in [3.05, 3.63) is 52.7 Å². The van der Waals surface area contributed by atoms with Gasteiger partial charge in [0.25, 0.3) is 0 Å². The van der Waals surface area contributed by atoms with Crippen molar-refractivity contribution in [1.29, 1.82) is 0 Å². The predicted octanol–water partition coefficient (Wildman–Crippen LogP) is 3.90. The number of amides is 2. The van der Waals surface area contributed by atoms with Crippen LogP contribution in [-0.4, -0.2) is 59.2 Å². The Labute approximate surface area is 186 Å². The molecule has 3 rings (SSSR count). The van der Waals surface area contributed by atoms with Gasteiger partial charge in [0.15, 0.2) is 5.17 Å². The highest BCUT2D eigenvalue weighted by molar-refractivity contribution is 8.15. The van der Waals surface area contributed by atoms with E-state index in [0.717, 1.165) is 23.5 Å². The third-order valence-electron chi connectivity index (χ3n) is 4.76. The van der Waals surface area contributed by atoms with E-state index in [-0.39, 0.29) is 24.3 Å². The molecule has 1 aromatic carbocycles. The summed E-state index contributed by atoms with van der Waals surface area (Å²) in [7, 11) is 4.01. The largest absolute Gasteiger partial charge is 0.356 e. The number of rotatable bonds is 9. The number of carbonyl (C=O) groups is 2. The van der Waals surface area contributed by atoms with E-state index in [2.05, 4.69) is 10.2 Å². The van der Waals surface area contributed by atoms with Crippen LogP contribution < -0.4 is 5.32 Å². The number of nitrogens with one attached hydrogen (secondary N) is 1. The Morgan fingerprint density at radius 3 is 2.67 bits per heavy atom. The lowest BCUT2D eigenvalue weighted by molar-refractivity contribution is -0.130. The topological polar surface area (TPSA) is 65.0 Å². The molecule has 0 aliphatic carbocycles. The van der Waals surface area contributed by atoms with E-state index >= 15 is 0 Å². The quantitative estimate of drug-likeness (QED) is 0.596. The van der Waals surface area contributed by atoms with Crippen LogP contribution in [0, 0.1) is 0 Å². The molecule has 2 aromatic rings. The van der Waals surface area contributed by atoms with Gasteiger partial charge in [-0.15, -0.1) is 11.3 Å². The fourth-order valence-corrected chi connectivity index (χ4v) is 5.18. The molecule has 1 aliphatic heterocycles. The molecule has 2 atom stereocenters. The van der Waals surface area contributed by atoms with Crippen molar-refractivity contribution in [3.8, 4) is 0 Å². The van der Waals surface area contributed by atoms with Gasteiger partial charge in [-0.3, -0.25) is 14.5 Å². The van der Waals surface area contributed by atoms with E-state index < -0.39 is 5.25 Å². The number of amidine groups is 1. The van der Waals surface area contributed by atoms with Gasteiger partial charge >= 0.3 is 0 Å². The molecule has 2 unspecified atom stereocenters. The lowest BCUT2D eigenvalue weighted by Gasteiger charge is -2.23. The molecule has 0 spiro atoms. The van der Waals surface area contributed by atoms with Gasteiger partial charge in [-0.1, -0.05) is 36.0 Å². The fraction of sp³-hybridized carbons (Fsp3) is 0.409. The minimum atomic E-state index is -0.455. The smallest absolute Gasteiger partial charge is 0.243 e. The fourth-order valence-electron chi connectivity index (χ4n) is 3.18. The molecule has 1 aliphatic rings. The molecule has 0 bridgehead atoms. The van der Waals surface area contributed by atoms with E-state index in [9.17, 15) is 9.59 Å². The zero-order valence-electron chi connectivity index (χ0n) is 17.6. The van der Waals surface area contributed by atoms with Crippen molar-refractivity contribution in [2.75, 3.05) is 27.2 Å². The number of hydrogen-bond acceptors (Lipinski definition) is 6. The lowest BCUT2D eigenvalue weighted by Crippen LogP contribution is -2.36. The second-order valence-electron chi connectivity index (χ2n) is 7.45. The van der Waals surface area contributed by atoms with E-state index in [1.54, 1.807) is 16.2 Å². The highest BCUT2D eigenvalue weighted by Gasteiger charge is 2.42. The summed E-state index contributed by atoms with van der Waals surface area (Å²) in [6.45, 7) is 3.54. The van der Waals surface area contributed by atoms with Crippen molar-refractivity contribution in [1.82, 2.24) is 15.1 Å². The van der Waals surface area contributed by atoms with Gasteiger partial charge < -0.3 is 10.2 Å². The minimum absolute atomic E-state index is 0.0565. The van der Waals surface area contributed by atoms with E-state index in [1.807, 2.05) is 68.9 Å². The molecule has 160 valence electrons. The maximum atomic E-state index is 13.2. The Balaban J connectivity index is 1.72. The standard InChI is InChI=1S/C22H28N4O2S2/c1-16(18-11-7-14-29-18)26-21(28)19(15-20(27)23-12-8-13-25(2)3)30-22(26)24-17-9-5-4-6-10-17/h4-7,9-11,14,16,19H,8,12-13,15H2,1-3H3,(H,23,27). The first kappa shape index (κ1) is 22.5. The summed E-state index contributed by atoms with van der Waals surface area (Å²) in [6.07, 6.45) is 1.04. The summed E-state index contributed by atoms with van der Waals surface area (Å²) in [6, 6.07) is 13.5. The van der Waals surface area contributed by atoms with Crippen LogP contribution >= 0.6 is 23.1 Å². The first-order valence-corrected chi connectivity index (χ1v) is 11.8. The zero-order valence-corrected chi connectivity index (χ0v) is 19.2. The summed E-state index contributed by atoms with van der Waals surface area (Å²) in [5.41, 5.74) is 0.796. The average molecular weight is 445 g/mol. The molecule has 1 aromatic heterocycles. The molecular weight excluding hydrogens is 416 g/mol. The number of para-hydroxylation sites is 1. The lowest BCUT2D eigenvalue weighted by atomic mass is 10.2. The molecule has 0 saturated carbocycles. The summed E-state index contributed by atoms with van der Waals surface area (Å²) in [5, 5.41) is 5.14. The molecule has 6 nitrogen and oxygen atoms in total. The molecule has 2 heterocycles. The number of hydrogen-bond donors (Lipinski definition) is 1. The summed E-state index contributed by atoms with van der Waals surface area (Å²) < 4.78 is 0. The number of nitrogens with zero attached hydrogens (tertiary/aromatic N) is 3. The SMILES string of the molecule is CC(c1cccs1)N1C(=O)C(CC(=O)NCCCN(C)C)SC1=Nc1ccccc1. The monoisotopic (exact) mass is 444 g/mol. The van der Waals surface area contributed by atoms with Crippen molar-refractivity contribution in [2.45, 2.75) is 31.1 Å². The van der Waals surface area contributed by atoms with Crippen LogP contribution in [0.15, 0.2) is 52.8 Å². The number of aliphatic imine (C=N–C) groups is 1. The Morgan fingerprint density at radius 1 is 1.23 bits per heavy atom. The van der Waals surface area contributed by atoms with Crippen molar-refractivity contribution >= 4 is 45.8 Å². The Bertz CT molecular complexity index is 869. The van der Waals surface area contributed by atoms with Crippen LogP contribution in [0.5, 0.6) is 0 Å². The van der Waals surface area contributed by atoms with Gasteiger partial charge in [-0.05, 0) is 57.6 Å². The molecule has 8 heteroatoms. The van der Waals surface area contributed by atoms with E-state index in [1.165, 1.54) is 11.8 Å². The second kappa shape index (κ2) is 10.7. The van der Waals surface area contributed by atoms with Crippen LogP contribution in [0.4, 0.5) is 5.69 Å². The zero-order chi connectivity index (χ0) is 21.5. The number of thioether (sulfide) groups is 1. The summed E-state index contributed by atoms with van der Waals surface area (Å²) in [5.74, 6) is -0.150. The highest BCUT2D eigenvalue weighted by atomic mass is 32.2. The summed E-state index contributed by atoms with van der Waals surface area (Å²) in [4.78, 5) is 35.3. The minimum Gasteiger partial charge on any atom is -0.356 e. The van der Waals surface area contributed by atoms with Crippen molar-refractivity contribution in [2.24, 2.45) is 4.99 Å². The average Bonchev–Trinajstić information content (AvgIpc) is 3.35. The van der Waals surface area contributed by atoms with Gasteiger partial charge in [0, 0.05) is 17.8 Å². The number of thiophene rings is 1. The molecule has 1 N–H and O–H groups in total. The second-order valence-corrected chi connectivity index (χ2v) is 9.60. The van der Waals surface area contributed by atoms with Crippen LogP contribution in [0.3, 0.4) is 0 Å². The number of carbonyl (C=O) groups excluding carboxylic acids is 2. The first-order chi connectivity index (χ1) is 14.5. The molecule has 0 radical (unpaired) electrons. The molecule has 2 amide bonds. The molecule has 30 heavy (non-hydrogen) atoms. The number of benzene rings is 1. The molecule has 1 saturated heterocycles. The first-order valence-electron chi connectivity index (χ1n) is 10.0. The highest BCUT2D eigenvalue weighted by Crippen LogP contribution is 2.38. The van der Waals surface area contributed by atoms with E-state index in [4.69, 9.17) is 4.99 Å². The molecular formula is C22H28N4O2S2. The van der Waals surface area contributed by atoms with Gasteiger partial charge in [-0.2, -0.15) is 0 Å². The molecule has 1 fully saturated rings. The van der Waals surface area contributed by atoms with Gasteiger partial charge in [-0.25, -0.2) is 4.99 Å². The van der Waals surface area contributed by atoms with Gasteiger partial charge in [0.05, 0.1) is 11.7 Å². The maximum Gasteiger partial charge on any atom is 0.243 e. The third kappa shape index (κ3) is 5.93. The maximum absolute atomic E-state index is 13.2. The van der Waals surface area contributed by atoms with E-state index in [0.29, 0.717) is 11.7 Å². The Hall–Kier alpha value is -2.16. The van der Waals surface area contributed by atoms with Crippen molar-refractivity contribution < 1.29 is 9.59 Å². The summed E-state index contributed by atoms with van der Waals surface area (Å²) >= 11 is 3.00. The van der Waals surface area contributed by atoms with Crippen LogP contribution in [0.2, 0.25) is 0 Å². The Kier molecular flexibility index (Phi) is 8.07. The van der Waals surface area contributed by atoms with Crippen molar-refractivity contribution in [3.63, 3.8) is 0 Å².